The summed E-state index contributed by atoms with van der Waals surface area (Å²) in [5, 5.41) is 7.87. The number of rotatable bonds is 7. The fraction of sp³-hybridized carbons (Fsp3) is 0.429. The number of nitrogens with one attached hydrogen (secondary N) is 1. The fourth-order valence-corrected chi connectivity index (χ4v) is 4.28. The smallest absolute Gasteiger partial charge is 0.0956 e. The second kappa shape index (κ2) is 8.12. The Balaban J connectivity index is 1.56. The molecule has 0 saturated carbocycles. The van der Waals surface area contributed by atoms with Gasteiger partial charge in [-0.2, -0.15) is 16.9 Å². The highest BCUT2D eigenvalue weighted by atomic mass is 32.2. The van der Waals surface area contributed by atoms with Gasteiger partial charge in [0, 0.05) is 29.9 Å². The third-order valence-corrected chi connectivity index (χ3v) is 5.88. The number of aromatic nitrogens is 4. The summed E-state index contributed by atoms with van der Waals surface area (Å²) in [6.45, 7) is 0.945. The Morgan fingerprint density at radius 1 is 1.12 bits per heavy atom. The van der Waals surface area contributed by atoms with Crippen molar-refractivity contribution in [3.05, 3.63) is 59.3 Å². The highest BCUT2D eigenvalue weighted by Crippen LogP contribution is 2.25. The average molecular weight is 367 g/mol. The predicted molar refractivity (Wildman–Crippen MR) is 109 cm³/mol. The minimum atomic E-state index is 0.945. The highest BCUT2D eigenvalue weighted by molar-refractivity contribution is 7.98. The number of hydrogen-bond donors (Lipinski definition) is 1. The van der Waals surface area contributed by atoms with E-state index in [2.05, 4.69) is 51.4 Å². The summed E-state index contributed by atoms with van der Waals surface area (Å²) in [5.41, 5.74) is 7.78. The van der Waals surface area contributed by atoms with Crippen LogP contribution in [0.3, 0.4) is 0 Å². The van der Waals surface area contributed by atoms with Crippen LogP contribution in [0.5, 0.6) is 0 Å². The minimum absolute atomic E-state index is 0.945. The van der Waals surface area contributed by atoms with E-state index in [0.717, 1.165) is 37.3 Å². The summed E-state index contributed by atoms with van der Waals surface area (Å²) in [5.74, 6) is 1.11. The Morgan fingerprint density at radius 3 is 2.81 bits per heavy atom. The van der Waals surface area contributed by atoms with Crippen molar-refractivity contribution in [3.8, 4) is 11.3 Å². The van der Waals surface area contributed by atoms with E-state index in [1.807, 2.05) is 18.1 Å². The molecule has 136 valence electrons. The van der Waals surface area contributed by atoms with Crippen LogP contribution in [0, 0.1) is 0 Å². The molecule has 0 fully saturated rings. The lowest BCUT2D eigenvalue weighted by Gasteiger charge is -2.12. The monoisotopic (exact) mass is 366 g/mol. The SMILES string of the molecule is CSCCc1c(-c2ccccc2)ncn1CCc1n[nH]c2c1CCCC2. The second-order valence-corrected chi connectivity index (χ2v) is 7.91. The van der Waals surface area contributed by atoms with Crippen LogP contribution in [-0.4, -0.2) is 31.8 Å². The van der Waals surface area contributed by atoms with Crippen LogP contribution in [0.15, 0.2) is 36.7 Å². The number of aryl methyl sites for hydroxylation is 3. The molecular formula is C21H26N4S. The van der Waals surface area contributed by atoms with Crippen molar-refractivity contribution < 1.29 is 0 Å². The summed E-state index contributed by atoms with van der Waals surface area (Å²) >= 11 is 1.89. The molecule has 4 nitrogen and oxygen atoms in total. The number of imidazole rings is 1. The summed E-state index contributed by atoms with van der Waals surface area (Å²) in [4.78, 5) is 4.75. The molecule has 1 aliphatic carbocycles. The van der Waals surface area contributed by atoms with E-state index in [0.29, 0.717) is 0 Å². The molecule has 2 aromatic heterocycles. The number of benzene rings is 1. The van der Waals surface area contributed by atoms with Gasteiger partial charge in [-0.3, -0.25) is 5.10 Å². The number of fused-ring (bicyclic) bond motifs is 1. The average Bonchev–Trinajstić information content (AvgIpc) is 3.29. The zero-order valence-corrected chi connectivity index (χ0v) is 16.2. The molecule has 0 amide bonds. The van der Waals surface area contributed by atoms with Crippen molar-refractivity contribution in [2.24, 2.45) is 0 Å². The van der Waals surface area contributed by atoms with Crippen molar-refractivity contribution in [1.82, 2.24) is 19.7 Å². The van der Waals surface area contributed by atoms with Crippen molar-refractivity contribution in [3.63, 3.8) is 0 Å². The maximum atomic E-state index is 4.75. The summed E-state index contributed by atoms with van der Waals surface area (Å²) in [7, 11) is 0. The molecule has 1 aromatic carbocycles. The van der Waals surface area contributed by atoms with Crippen LogP contribution in [0.2, 0.25) is 0 Å². The summed E-state index contributed by atoms with van der Waals surface area (Å²) in [6.07, 6.45) is 11.1. The van der Waals surface area contributed by atoms with Gasteiger partial charge in [0.15, 0.2) is 0 Å². The van der Waals surface area contributed by atoms with Gasteiger partial charge in [0.1, 0.15) is 0 Å². The van der Waals surface area contributed by atoms with Crippen molar-refractivity contribution in [2.75, 3.05) is 12.0 Å². The molecule has 0 aliphatic heterocycles. The van der Waals surface area contributed by atoms with E-state index in [1.165, 1.54) is 47.5 Å². The normalized spacial score (nSPS) is 13.7. The molecule has 3 aromatic rings. The summed E-state index contributed by atoms with van der Waals surface area (Å²) < 4.78 is 2.34. The van der Waals surface area contributed by atoms with Gasteiger partial charge in [-0.05, 0) is 49.7 Å². The van der Waals surface area contributed by atoms with Gasteiger partial charge < -0.3 is 4.57 Å². The van der Waals surface area contributed by atoms with Crippen molar-refractivity contribution in [1.29, 1.82) is 0 Å². The number of aromatic amines is 1. The lowest BCUT2D eigenvalue weighted by molar-refractivity contribution is 0.643. The van der Waals surface area contributed by atoms with Crippen molar-refractivity contribution >= 4 is 11.8 Å². The number of thioether (sulfide) groups is 1. The number of H-pyrrole nitrogens is 1. The fourth-order valence-electron chi connectivity index (χ4n) is 3.88. The molecule has 4 rings (SSSR count). The Kier molecular flexibility index (Phi) is 5.44. The molecule has 1 aliphatic rings. The van der Waals surface area contributed by atoms with E-state index >= 15 is 0 Å². The Labute approximate surface area is 159 Å². The van der Waals surface area contributed by atoms with Gasteiger partial charge in [-0.25, -0.2) is 4.98 Å². The molecule has 0 unspecified atom stereocenters. The van der Waals surface area contributed by atoms with E-state index in [9.17, 15) is 0 Å². The first-order valence-electron chi connectivity index (χ1n) is 9.50. The van der Waals surface area contributed by atoms with Crippen LogP contribution in [-0.2, 0) is 32.2 Å². The van der Waals surface area contributed by atoms with Crippen LogP contribution in [0.4, 0.5) is 0 Å². The van der Waals surface area contributed by atoms with Crippen molar-refractivity contribution in [2.45, 2.75) is 45.1 Å². The minimum Gasteiger partial charge on any atom is -0.334 e. The lowest BCUT2D eigenvalue weighted by atomic mass is 9.95. The van der Waals surface area contributed by atoms with E-state index in [-0.39, 0.29) is 0 Å². The molecule has 1 N–H and O–H groups in total. The quantitative estimate of drug-likeness (QED) is 0.678. The van der Waals surface area contributed by atoms with Crippen LogP contribution >= 0.6 is 11.8 Å². The first-order chi connectivity index (χ1) is 12.9. The molecule has 5 heteroatoms. The van der Waals surface area contributed by atoms with Gasteiger partial charge in [-0.1, -0.05) is 30.3 Å². The second-order valence-electron chi connectivity index (χ2n) is 6.93. The largest absolute Gasteiger partial charge is 0.334 e. The van der Waals surface area contributed by atoms with E-state index < -0.39 is 0 Å². The maximum Gasteiger partial charge on any atom is 0.0956 e. The van der Waals surface area contributed by atoms with Gasteiger partial charge in [0.25, 0.3) is 0 Å². The molecular weight excluding hydrogens is 340 g/mol. The van der Waals surface area contributed by atoms with E-state index in [1.54, 1.807) is 0 Å². The lowest BCUT2D eigenvalue weighted by Crippen LogP contribution is -2.09. The van der Waals surface area contributed by atoms with Crippen LogP contribution in [0.25, 0.3) is 11.3 Å². The molecule has 0 saturated heterocycles. The van der Waals surface area contributed by atoms with Gasteiger partial charge in [0.05, 0.1) is 17.7 Å². The Morgan fingerprint density at radius 2 is 1.96 bits per heavy atom. The van der Waals surface area contributed by atoms with Crippen LogP contribution < -0.4 is 0 Å². The third-order valence-electron chi connectivity index (χ3n) is 5.27. The Hall–Kier alpha value is -2.01. The molecule has 0 atom stereocenters. The number of hydrogen-bond acceptors (Lipinski definition) is 3. The topological polar surface area (TPSA) is 46.5 Å². The number of nitrogens with zero attached hydrogens (tertiary/aromatic N) is 3. The molecule has 0 radical (unpaired) electrons. The molecule has 0 spiro atoms. The standard InChI is InChI=1S/C21H26N4S/c1-26-14-12-20-21(16-7-3-2-4-8-16)22-15-25(20)13-11-19-17-9-5-6-10-18(17)23-24-19/h2-4,7-8,15H,5-6,9-14H2,1H3,(H,23,24). The van der Waals surface area contributed by atoms with Gasteiger partial charge in [0.2, 0.25) is 0 Å². The third kappa shape index (κ3) is 3.58. The zero-order chi connectivity index (χ0) is 17.8. The van der Waals surface area contributed by atoms with Gasteiger partial charge >= 0.3 is 0 Å². The highest BCUT2D eigenvalue weighted by Gasteiger charge is 2.18. The zero-order valence-electron chi connectivity index (χ0n) is 15.4. The molecule has 0 bridgehead atoms. The predicted octanol–water partition coefficient (Wildman–Crippen LogP) is 4.30. The first kappa shape index (κ1) is 17.4. The van der Waals surface area contributed by atoms with E-state index in [4.69, 9.17) is 4.98 Å². The maximum absolute atomic E-state index is 4.75. The van der Waals surface area contributed by atoms with Crippen LogP contribution in [0.1, 0.15) is 35.5 Å². The molecule has 2 heterocycles. The van der Waals surface area contributed by atoms with Gasteiger partial charge in [-0.15, -0.1) is 0 Å². The first-order valence-corrected chi connectivity index (χ1v) is 10.9. The molecule has 26 heavy (non-hydrogen) atoms. The Bertz CT molecular complexity index is 850. The summed E-state index contributed by atoms with van der Waals surface area (Å²) in [6, 6.07) is 10.5.